The van der Waals surface area contributed by atoms with E-state index in [2.05, 4.69) is 119 Å². The quantitative estimate of drug-likeness (QED) is 0.206. The van der Waals surface area contributed by atoms with Crippen LogP contribution in [0.2, 0.25) is 0 Å². The van der Waals surface area contributed by atoms with E-state index in [1.54, 1.807) is 14.2 Å². The normalized spacial score (nSPS) is 12.3. The van der Waals surface area contributed by atoms with Gasteiger partial charge in [-0.15, -0.1) is 0 Å². The van der Waals surface area contributed by atoms with Gasteiger partial charge >= 0.3 is 0 Å². The van der Waals surface area contributed by atoms with Crippen LogP contribution in [0.3, 0.4) is 0 Å². The number of hydrogen-bond acceptors (Lipinski definition) is 2. The fourth-order valence-electron chi connectivity index (χ4n) is 5.03. The highest BCUT2D eigenvalue weighted by atomic mass is 31.1. The van der Waals surface area contributed by atoms with Crippen LogP contribution in [0.1, 0.15) is 105 Å². The summed E-state index contributed by atoms with van der Waals surface area (Å²) < 4.78 is 10.7. The number of benzene rings is 4. The van der Waals surface area contributed by atoms with Crippen molar-refractivity contribution in [2.24, 2.45) is 0 Å². The largest absolute Gasteiger partial charge is 0.496 e. The Bertz CT molecular complexity index is 1390. The summed E-state index contributed by atoms with van der Waals surface area (Å²) >= 11 is 0. The van der Waals surface area contributed by atoms with Crippen LogP contribution in [0.15, 0.2) is 84.9 Å². The van der Waals surface area contributed by atoms with Crippen molar-refractivity contribution in [3.8, 4) is 22.6 Å². The molecule has 0 aliphatic heterocycles. The van der Waals surface area contributed by atoms with Crippen molar-refractivity contribution in [3.05, 3.63) is 107 Å². The molecule has 0 aliphatic carbocycles. The molecule has 0 N–H and O–H groups in total. The Labute approximate surface area is 276 Å². The van der Waals surface area contributed by atoms with Crippen LogP contribution < -0.4 is 20.1 Å². The molecule has 0 aromatic heterocycles. The second-order valence-electron chi connectivity index (χ2n) is 16.1. The molecule has 4 rings (SSSR count). The van der Waals surface area contributed by atoms with E-state index in [-0.39, 0.29) is 21.7 Å². The van der Waals surface area contributed by atoms with Gasteiger partial charge in [0, 0.05) is 11.1 Å². The van der Waals surface area contributed by atoms with Crippen LogP contribution in [0, 0.1) is 0 Å². The van der Waals surface area contributed by atoms with Gasteiger partial charge < -0.3 is 9.47 Å². The lowest BCUT2D eigenvalue weighted by Crippen LogP contribution is -2.22. The molecule has 0 atom stereocenters. The molecule has 242 valence electrons. The first-order chi connectivity index (χ1) is 20.7. The van der Waals surface area contributed by atoms with Crippen molar-refractivity contribution in [1.82, 2.24) is 0 Å². The fraction of sp³-hybridized carbons (Fsp3) is 0.429. The number of methoxy groups -OCH3 is 2. The van der Waals surface area contributed by atoms with E-state index < -0.39 is 0 Å². The molecule has 0 aliphatic rings. The van der Waals surface area contributed by atoms with Gasteiger partial charge in [-0.2, -0.15) is 0 Å². The smallest absolute Gasteiger partial charge is 0.126 e. The summed E-state index contributed by atoms with van der Waals surface area (Å²) in [7, 11) is 4.03. The molecule has 0 heterocycles. The van der Waals surface area contributed by atoms with E-state index in [1.807, 2.05) is 48.5 Å². The number of rotatable bonds is 5. The lowest BCUT2D eigenvalue weighted by Gasteiger charge is -2.27. The Morgan fingerprint density at radius 2 is 0.667 bits per heavy atom. The second-order valence-corrected chi connectivity index (χ2v) is 17.5. The fourth-order valence-corrected chi connectivity index (χ4v) is 6.28. The first-order valence-corrected chi connectivity index (χ1v) is 17.1. The third-order valence-electron chi connectivity index (χ3n) is 8.12. The molecule has 0 amide bonds. The Kier molecular flexibility index (Phi) is 11.4. The summed E-state index contributed by atoms with van der Waals surface area (Å²) in [5, 5.41) is 2.90. The van der Waals surface area contributed by atoms with E-state index in [4.69, 9.17) is 9.47 Å². The van der Waals surface area contributed by atoms with Gasteiger partial charge in [-0.1, -0.05) is 164 Å². The maximum absolute atomic E-state index is 5.34. The predicted molar refractivity (Wildman–Crippen MR) is 200 cm³/mol. The van der Waals surface area contributed by atoms with Crippen molar-refractivity contribution in [2.75, 3.05) is 14.2 Å². The van der Waals surface area contributed by atoms with Gasteiger partial charge in [0.25, 0.3) is 0 Å². The summed E-state index contributed by atoms with van der Waals surface area (Å²) in [6, 6.07) is 30.4. The summed E-state index contributed by atoms with van der Waals surface area (Å²) in [5.41, 5.74) is 8.48. The Hall–Kier alpha value is -3.09. The van der Waals surface area contributed by atoms with Crippen LogP contribution in [-0.2, 0) is 21.7 Å². The lowest BCUT2D eigenvalue weighted by atomic mass is 9.81. The number of para-hydroxylation sites is 2. The highest BCUT2D eigenvalue weighted by molar-refractivity contribution is 7.55. The number of ether oxygens (including phenoxy) is 2. The predicted octanol–water partition coefficient (Wildman–Crippen LogP) is 10.9. The minimum Gasteiger partial charge on any atom is -0.496 e. The molecule has 0 fully saturated rings. The zero-order chi connectivity index (χ0) is 33.8. The van der Waals surface area contributed by atoms with E-state index in [1.165, 1.54) is 32.9 Å². The third-order valence-corrected chi connectivity index (χ3v) is 9.28. The van der Waals surface area contributed by atoms with Gasteiger partial charge in [-0.3, -0.25) is 0 Å². The van der Waals surface area contributed by atoms with Crippen molar-refractivity contribution < 1.29 is 9.47 Å². The van der Waals surface area contributed by atoms with Crippen LogP contribution >= 0.6 is 8.58 Å². The van der Waals surface area contributed by atoms with Crippen molar-refractivity contribution in [2.45, 2.75) is 105 Å². The molecule has 3 heteroatoms. The standard InChI is InChI=1S/C28H43P.C14H14O2/c1-25(2,3)19-13-20(26(4,5)6)16-23(15-19)29-24-17-21(27(7,8)9)14-22(18-24)28(10,11)12;1-15-13-9-5-3-7-11(13)12-8-4-6-10-14(12)16-2/h13-18,29H,1-12H3;3-10H,1-2H3. The zero-order valence-corrected chi connectivity index (χ0v) is 31.4. The van der Waals surface area contributed by atoms with Crippen molar-refractivity contribution in [3.63, 3.8) is 0 Å². The molecule has 0 saturated carbocycles. The minimum atomic E-state index is 0.157. The van der Waals surface area contributed by atoms with Crippen LogP contribution in [-0.4, -0.2) is 14.2 Å². The van der Waals surface area contributed by atoms with Crippen molar-refractivity contribution in [1.29, 1.82) is 0 Å². The van der Waals surface area contributed by atoms with E-state index >= 15 is 0 Å². The second kappa shape index (κ2) is 14.1. The van der Waals surface area contributed by atoms with E-state index in [9.17, 15) is 0 Å². The topological polar surface area (TPSA) is 18.5 Å². The minimum absolute atomic E-state index is 0.157. The average Bonchev–Trinajstić information content (AvgIpc) is 2.95. The maximum Gasteiger partial charge on any atom is 0.126 e. The Morgan fingerprint density at radius 1 is 0.400 bits per heavy atom. The first kappa shape index (κ1) is 36.4. The Balaban J connectivity index is 0.000000289. The number of hydrogen-bond donors (Lipinski definition) is 0. The molecule has 2 nitrogen and oxygen atoms in total. The molecular formula is C42H57O2P. The third kappa shape index (κ3) is 9.95. The van der Waals surface area contributed by atoms with Gasteiger partial charge in [0.15, 0.2) is 0 Å². The molecular weight excluding hydrogens is 567 g/mol. The maximum atomic E-state index is 5.34. The van der Waals surface area contributed by atoms with Gasteiger partial charge in [0.2, 0.25) is 0 Å². The molecule has 0 saturated heterocycles. The molecule has 45 heavy (non-hydrogen) atoms. The first-order valence-electron chi connectivity index (χ1n) is 16.1. The van der Waals surface area contributed by atoms with Gasteiger partial charge in [-0.05, 0) is 66.7 Å². The van der Waals surface area contributed by atoms with Crippen molar-refractivity contribution >= 4 is 19.2 Å². The van der Waals surface area contributed by atoms with Crippen LogP contribution in [0.5, 0.6) is 11.5 Å². The molecule has 0 radical (unpaired) electrons. The Morgan fingerprint density at radius 3 is 0.911 bits per heavy atom. The van der Waals surface area contributed by atoms with Crippen LogP contribution in [0.25, 0.3) is 11.1 Å². The zero-order valence-electron chi connectivity index (χ0n) is 30.4. The van der Waals surface area contributed by atoms with Gasteiger partial charge in [0.1, 0.15) is 11.5 Å². The highest BCUT2D eigenvalue weighted by Gasteiger charge is 2.23. The molecule has 0 spiro atoms. The monoisotopic (exact) mass is 624 g/mol. The lowest BCUT2D eigenvalue weighted by molar-refractivity contribution is 0.410. The summed E-state index contributed by atoms with van der Waals surface area (Å²) in [6.07, 6.45) is 0. The molecule has 0 bridgehead atoms. The molecule has 0 unspecified atom stereocenters. The van der Waals surface area contributed by atoms with Gasteiger partial charge in [0.05, 0.1) is 14.2 Å². The SMILES string of the molecule is CC(C)(C)c1cc(Pc2cc(C(C)(C)C)cc(C(C)(C)C)c2)cc(C(C)(C)C)c1.COc1ccccc1-c1ccccc1OC. The van der Waals surface area contributed by atoms with E-state index in [0.717, 1.165) is 22.6 Å². The van der Waals surface area contributed by atoms with Crippen LogP contribution in [0.4, 0.5) is 0 Å². The molecule has 4 aromatic carbocycles. The average molecular weight is 625 g/mol. The van der Waals surface area contributed by atoms with Gasteiger partial charge in [-0.25, -0.2) is 0 Å². The summed E-state index contributed by atoms with van der Waals surface area (Å²) in [5.74, 6) is 1.71. The summed E-state index contributed by atoms with van der Waals surface area (Å²) in [4.78, 5) is 0. The van der Waals surface area contributed by atoms with E-state index in [0.29, 0.717) is 8.58 Å². The summed E-state index contributed by atoms with van der Waals surface area (Å²) in [6.45, 7) is 27.8. The highest BCUT2D eigenvalue weighted by Crippen LogP contribution is 2.36. The molecule has 4 aromatic rings.